The number of hydrogen-bond donors (Lipinski definition) is 0. The Bertz CT molecular complexity index is 732. The molecule has 0 N–H and O–H groups in total. The smallest absolute Gasteiger partial charge is 0.218 e. The van der Waals surface area contributed by atoms with Gasteiger partial charge in [-0.2, -0.15) is 0 Å². The van der Waals surface area contributed by atoms with Gasteiger partial charge in [-0.3, -0.25) is 4.90 Å². The van der Waals surface area contributed by atoms with Gasteiger partial charge in [0.25, 0.3) is 0 Å². The number of ether oxygens (including phenoxy) is 3. The van der Waals surface area contributed by atoms with Crippen LogP contribution in [0.15, 0.2) is 30.6 Å². The highest BCUT2D eigenvalue weighted by Crippen LogP contribution is 2.34. The molecule has 2 aliphatic rings. The molecule has 2 aromatic rings. The summed E-state index contributed by atoms with van der Waals surface area (Å²) in [4.78, 5) is 13.1. The Morgan fingerprint density at radius 3 is 2.76 bits per heavy atom. The minimum absolute atomic E-state index is 0.598. The number of rotatable bonds is 4. The molecule has 0 aliphatic carbocycles. The second-order valence-electron chi connectivity index (χ2n) is 6.12. The van der Waals surface area contributed by atoms with E-state index in [0.717, 1.165) is 50.0 Å². The van der Waals surface area contributed by atoms with Crippen molar-refractivity contribution in [2.24, 2.45) is 0 Å². The third-order valence-corrected chi connectivity index (χ3v) is 4.57. The van der Waals surface area contributed by atoms with Gasteiger partial charge in [0.05, 0.1) is 7.11 Å². The van der Waals surface area contributed by atoms with Crippen molar-refractivity contribution in [2.75, 3.05) is 51.4 Å². The molecule has 7 heteroatoms. The van der Waals surface area contributed by atoms with Gasteiger partial charge in [0.2, 0.25) is 5.88 Å². The fourth-order valence-electron chi connectivity index (χ4n) is 3.25. The fraction of sp³-hybridized carbons (Fsp3) is 0.444. The van der Waals surface area contributed by atoms with Crippen LogP contribution < -0.4 is 19.1 Å². The average Bonchev–Trinajstić information content (AvgIpc) is 2.69. The first-order valence-corrected chi connectivity index (χ1v) is 8.54. The Labute approximate surface area is 147 Å². The highest BCUT2D eigenvalue weighted by molar-refractivity contribution is 5.47. The summed E-state index contributed by atoms with van der Waals surface area (Å²) in [5.41, 5.74) is 1.19. The lowest BCUT2D eigenvalue weighted by Crippen LogP contribution is -2.46. The van der Waals surface area contributed by atoms with E-state index in [1.165, 1.54) is 5.56 Å². The highest BCUT2D eigenvalue weighted by atomic mass is 16.6. The molecule has 3 heterocycles. The molecule has 1 saturated heterocycles. The lowest BCUT2D eigenvalue weighted by atomic mass is 10.1. The van der Waals surface area contributed by atoms with Crippen molar-refractivity contribution in [3.8, 4) is 17.4 Å². The standard InChI is InChI=1S/C18H22N4O3/c1-23-17-11-16(19-13-20-17)22-7-5-21(6-8-22)12-14-3-2-4-15-18(14)25-10-9-24-15/h2-4,11,13H,5-10,12H2,1H3. The molecule has 132 valence electrons. The van der Waals surface area contributed by atoms with Crippen molar-refractivity contribution in [3.63, 3.8) is 0 Å². The van der Waals surface area contributed by atoms with Crippen LogP contribution in [0.2, 0.25) is 0 Å². The predicted molar refractivity (Wildman–Crippen MR) is 93.5 cm³/mol. The van der Waals surface area contributed by atoms with Crippen molar-refractivity contribution >= 4 is 5.82 Å². The summed E-state index contributed by atoms with van der Waals surface area (Å²) in [6.45, 7) is 5.89. The third kappa shape index (κ3) is 3.46. The third-order valence-electron chi connectivity index (χ3n) is 4.57. The van der Waals surface area contributed by atoms with Crippen LogP contribution in [0, 0.1) is 0 Å². The minimum Gasteiger partial charge on any atom is -0.486 e. The normalized spacial score (nSPS) is 17.4. The molecule has 0 saturated carbocycles. The average molecular weight is 342 g/mol. The van der Waals surface area contributed by atoms with Gasteiger partial charge in [-0.25, -0.2) is 9.97 Å². The maximum absolute atomic E-state index is 5.82. The number of para-hydroxylation sites is 1. The molecule has 0 radical (unpaired) electrons. The summed E-state index contributed by atoms with van der Waals surface area (Å²) in [5.74, 6) is 3.27. The SMILES string of the molecule is COc1cc(N2CCN(Cc3cccc4c3OCCO4)CC2)ncn1. The molecular weight excluding hydrogens is 320 g/mol. The lowest BCUT2D eigenvalue weighted by molar-refractivity contribution is 0.166. The number of piperazine rings is 1. The number of fused-ring (bicyclic) bond motifs is 1. The fourth-order valence-corrected chi connectivity index (χ4v) is 3.25. The van der Waals surface area contributed by atoms with Gasteiger partial charge in [-0.1, -0.05) is 12.1 Å². The number of aromatic nitrogens is 2. The van der Waals surface area contributed by atoms with E-state index >= 15 is 0 Å². The molecule has 4 rings (SSSR count). The summed E-state index contributed by atoms with van der Waals surface area (Å²) in [6.07, 6.45) is 1.55. The maximum Gasteiger partial charge on any atom is 0.218 e. The van der Waals surface area contributed by atoms with E-state index in [2.05, 4.69) is 25.8 Å². The molecule has 0 spiro atoms. The van der Waals surface area contributed by atoms with Gasteiger partial charge in [-0.15, -0.1) is 0 Å². The highest BCUT2D eigenvalue weighted by Gasteiger charge is 2.22. The Balaban J connectivity index is 1.39. The number of nitrogens with zero attached hydrogens (tertiary/aromatic N) is 4. The van der Waals surface area contributed by atoms with E-state index in [1.54, 1.807) is 13.4 Å². The van der Waals surface area contributed by atoms with Gasteiger partial charge in [0.15, 0.2) is 11.5 Å². The summed E-state index contributed by atoms with van der Waals surface area (Å²) in [6, 6.07) is 8.01. The molecule has 7 nitrogen and oxygen atoms in total. The second kappa shape index (κ2) is 7.14. The molecular formula is C18H22N4O3. The Morgan fingerprint density at radius 1 is 1.08 bits per heavy atom. The number of benzene rings is 1. The summed E-state index contributed by atoms with van der Waals surface area (Å²) in [7, 11) is 1.62. The van der Waals surface area contributed by atoms with E-state index in [0.29, 0.717) is 19.1 Å². The zero-order valence-corrected chi connectivity index (χ0v) is 14.4. The van der Waals surface area contributed by atoms with Crippen LogP contribution in [-0.2, 0) is 6.54 Å². The Morgan fingerprint density at radius 2 is 1.92 bits per heavy atom. The van der Waals surface area contributed by atoms with Crippen LogP contribution in [0.25, 0.3) is 0 Å². The zero-order valence-electron chi connectivity index (χ0n) is 14.4. The van der Waals surface area contributed by atoms with E-state index in [9.17, 15) is 0 Å². The van der Waals surface area contributed by atoms with Crippen LogP contribution in [0.3, 0.4) is 0 Å². The number of hydrogen-bond acceptors (Lipinski definition) is 7. The molecule has 1 fully saturated rings. The van der Waals surface area contributed by atoms with Gasteiger partial charge in [0.1, 0.15) is 25.4 Å². The number of methoxy groups -OCH3 is 1. The van der Waals surface area contributed by atoms with Crippen molar-refractivity contribution in [2.45, 2.75) is 6.54 Å². The Kier molecular flexibility index (Phi) is 4.56. The largest absolute Gasteiger partial charge is 0.486 e. The van der Waals surface area contributed by atoms with Crippen LogP contribution in [-0.4, -0.2) is 61.4 Å². The van der Waals surface area contributed by atoms with E-state index < -0.39 is 0 Å². The van der Waals surface area contributed by atoms with Gasteiger partial charge in [0, 0.05) is 44.4 Å². The maximum atomic E-state index is 5.82. The molecule has 25 heavy (non-hydrogen) atoms. The number of anilines is 1. The molecule has 0 bridgehead atoms. The molecule has 0 unspecified atom stereocenters. The first-order valence-electron chi connectivity index (χ1n) is 8.54. The van der Waals surface area contributed by atoms with E-state index in [-0.39, 0.29) is 0 Å². The molecule has 1 aromatic heterocycles. The zero-order chi connectivity index (χ0) is 17.1. The van der Waals surface area contributed by atoms with Crippen LogP contribution >= 0.6 is 0 Å². The van der Waals surface area contributed by atoms with Crippen LogP contribution in [0.5, 0.6) is 17.4 Å². The van der Waals surface area contributed by atoms with E-state index in [1.807, 2.05) is 18.2 Å². The topological polar surface area (TPSA) is 60.0 Å². The van der Waals surface area contributed by atoms with Crippen molar-refractivity contribution in [1.82, 2.24) is 14.9 Å². The van der Waals surface area contributed by atoms with Crippen molar-refractivity contribution in [1.29, 1.82) is 0 Å². The second-order valence-corrected chi connectivity index (χ2v) is 6.12. The lowest BCUT2D eigenvalue weighted by Gasteiger charge is -2.35. The van der Waals surface area contributed by atoms with Crippen LogP contribution in [0.1, 0.15) is 5.56 Å². The van der Waals surface area contributed by atoms with Crippen molar-refractivity contribution < 1.29 is 14.2 Å². The molecule has 0 amide bonds. The predicted octanol–water partition coefficient (Wildman–Crippen LogP) is 1.58. The first kappa shape index (κ1) is 16.0. The molecule has 1 aromatic carbocycles. The van der Waals surface area contributed by atoms with Crippen LogP contribution in [0.4, 0.5) is 5.82 Å². The monoisotopic (exact) mass is 342 g/mol. The summed E-state index contributed by atoms with van der Waals surface area (Å²) >= 11 is 0. The van der Waals surface area contributed by atoms with E-state index in [4.69, 9.17) is 14.2 Å². The van der Waals surface area contributed by atoms with Gasteiger partial charge in [-0.05, 0) is 6.07 Å². The minimum atomic E-state index is 0.598. The van der Waals surface area contributed by atoms with Gasteiger partial charge >= 0.3 is 0 Å². The quantitative estimate of drug-likeness (QED) is 0.836. The first-order chi connectivity index (χ1) is 12.3. The molecule has 0 atom stereocenters. The van der Waals surface area contributed by atoms with Crippen molar-refractivity contribution in [3.05, 3.63) is 36.2 Å². The summed E-state index contributed by atoms with van der Waals surface area (Å²) in [5, 5.41) is 0. The molecule has 2 aliphatic heterocycles. The Hall–Kier alpha value is -2.54. The summed E-state index contributed by atoms with van der Waals surface area (Å²) < 4.78 is 16.7. The van der Waals surface area contributed by atoms with Gasteiger partial charge < -0.3 is 19.1 Å².